The molecular weight excluding hydrogens is 405 g/mol. The third kappa shape index (κ3) is 5.36. The fraction of sp³-hybridized carbons (Fsp3) is 0.667. The van der Waals surface area contributed by atoms with Gasteiger partial charge < -0.3 is 5.32 Å². The van der Waals surface area contributed by atoms with Crippen LogP contribution in [0.3, 0.4) is 0 Å². The number of sulfonamides is 2. The second-order valence-electron chi connectivity index (χ2n) is 7.56. The van der Waals surface area contributed by atoms with Gasteiger partial charge in [0.1, 0.15) is 5.82 Å². The molecule has 0 radical (unpaired) electrons. The van der Waals surface area contributed by atoms with Crippen LogP contribution in [0.15, 0.2) is 18.2 Å². The Balaban J connectivity index is 1.56. The van der Waals surface area contributed by atoms with Crippen LogP contribution in [0.2, 0.25) is 0 Å². The molecule has 158 valence electrons. The Morgan fingerprint density at radius 3 is 2.50 bits per heavy atom. The second-order valence-corrected chi connectivity index (χ2v) is 11.6. The first-order valence-electron chi connectivity index (χ1n) is 9.73. The van der Waals surface area contributed by atoms with Crippen molar-refractivity contribution in [3.05, 3.63) is 24.0 Å². The van der Waals surface area contributed by atoms with Crippen molar-refractivity contribution in [2.24, 2.45) is 5.92 Å². The molecule has 7 nitrogen and oxygen atoms in total. The van der Waals surface area contributed by atoms with Gasteiger partial charge in [-0.2, -0.15) is 0 Å². The van der Waals surface area contributed by atoms with Gasteiger partial charge in [0.25, 0.3) is 0 Å². The molecule has 1 aliphatic carbocycles. The van der Waals surface area contributed by atoms with E-state index in [1.807, 2.05) is 0 Å². The smallest absolute Gasteiger partial charge is 0.235 e. The van der Waals surface area contributed by atoms with E-state index in [4.69, 9.17) is 0 Å². The third-order valence-corrected chi connectivity index (χ3v) is 8.76. The standard InChI is InChI=1S/C18H28FN3O4S2/c1-2-27(23,24)21-16-6-4-14(5-7-16)13-20-17-10-15(19)11-18(12-17)22-8-3-9-28(22,25)26/h10-12,14,16,20-21H,2-9,13H2,1H3. The summed E-state index contributed by atoms with van der Waals surface area (Å²) in [7, 11) is -6.53. The SMILES string of the molecule is CCS(=O)(=O)NC1CCC(CNc2cc(F)cc(N3CCCS3(=O)=O)c2)CC1. The molecule has 1 heterocycles. The highest BCUT2D eigenvalue weighted by Crippen LogP contribution is 2.29. The first-order chi connectivity index (χ1) is 13.2. The molecule has 0 atom stereocenters. The van der Waals surface area contributed by atoms with Gasteiger partial charge in [-0.1, -0.05) is 0 Å². The minimum absolute atomic E-state index is 0.0117. The summed E-state index contributed by atoms with van der Waals surface area (Å²) < 4.78 is 65.5. The number of rotatable bonds is 7. The van der Waals surface area contributed by atoms with Crippen molar-refractivity contribution in [2.75, 3.05) is 34.2 Å². The molecule has 1 saturated carbocycles. The number of hydrogen-bond donors (Lipinski definition) is 2. The zero-order valence-electron chi connectivity index (χ0n) is 16.0. The van der Waals surface area contributed by atoms with Crippen LogP contribution in [0.5, 0.6) is 0 Å². The molecule has 2 N–H and O–H groups in total. The summed E-state index contributed by atoms with van der Waals surface area (Å²) in [5, 5.41) is 3.22. The average molecular weight is 434 g/mol. The maximum atomic E-state index is 14.0. The van der Waals surface area contributed by atoms with Crippen molar-refractivity contribution in [2.45, 2.75) is 45.1 Å². The topological polar surface area (TPSA) is 95.6 Å². The molecule has 1 saturated heterocycles. The lowest BCUT2D eigenvalue weighted by Gasteiger charge is -2.29. The van der Waals surface area contributed by atoms with Gasteiger partial charge in [0.15, 0.2) is 0 Å². The molecule has 3 rings (SSSR count). The largest absolute Gasteiger partial charge is 0.385 e. The Morgan fingerprint density at radius 2 is 1.89 bits per heavy atom. The summed E-state index contributed by atoms with van der Waals surface area (Å²) in [4.78, 5) is 0. The first kappa shape index (κ1) is 21.3. The lowest BCUT2D eigenvalue weighted by Crippen LogP contribution is -2.39. The molecule has 0 amide bonds. The van der Waals surface area contributed by atoms with Gasteiger partial charge in [-0.05, 0) is 63.1 Å². The highest BCUT2D eigenvalue weighted by molar-refractivity contribution is 7.93. The van der Waals surface area contributed by atoms with Crippen LogP contribution in [0.1, 0.15) is 39.0 Å². The number of anilines is 2. The van der Waals surface area contributed by atoms with Gasteiger partial charge in [-0.15, -0.1) is 0 Å². The van der Waals surface area contributed by atoms with Gasteiger partial charge in [0.2, 0.25) is 20.0 Å². The maximum Gasteiger partial charge on any atom is 0.235 e. The van der Waals surface area contributed by atoms with E-state index in [-0.39, 0.29) is 17.5 Å². The summed E-state index contributed by atoms with van der Waals surface area (Å²) in [6.45, 7) is 2.64. The fourth-order valence-corrected chi connectivity index (χ4v) is 6.29. The van der Waals surface area contributed by atoms with E-state index in [0.29, 0.717) is 36.8 Å². The maximum absolute atomic E-state index is 14.0. The second kappa shape index (κ2) is 8.54. The zero-order valence-corrected chi connectivity index (χ0v) is 17.7. The van der Waals surface area contributed by atoms with Crippen molar-refractivity contribution in [3.63, 3.8) is 0 Å². The molecule has 10 heteroatoms. The molecule has 0 spiro atoms. The highest BCUT2D eigenvalue weighted by Gasteiger charge is 2.29. The van der Waals surface area contributed by atoms with Crippen molar-refractivity contribution in [1.82, 2.24) is 4.72 Å². The van der Waals surface area contributed by atoms with Crippen molar-refractivity contribution in [3.8, 4) is 0 Å². The van der Waals surface area contributed by atoms with E-state index in [1.165, 1.54) is 16.4 Å². The zero-order chi connectivity index (χ0) is 20.4. The molecule has 0 bridgehead atoms. The molecule has 2 fully saturated rings. The molecule has 1 aromatic carbocycles. The molecule has 0 unspecified atom stereocenters. The van der Waals surface area contributed by atoms with Gasteiger partial charge in [-0.3, -0.25) is 4.31 Å². The molecule has 1 aromatic rings. The van der Waals surface area contributed by atoms with Crippen molar-refractivity contribution < 1.29 is 21.2 Å². The minimum atomic E-state index is -3.35. The van der Waals surface area contributed by atoms with Gasteiger partial charge >= 0.3 is 0 Å². The van der Waals surface area contributed by atoms with Crippen LogP contribution in [0.4, 0.5) is 15.8 Å². The van der Waals surface area contributed by atoms with Crippen molar-refractivity contribution >= 4 is 31.4 Å². The molecule has 0 aromatic heterocycles. The lowest BCUT2D eigenvalue weighted by molar-refractivity contribution is 0.324. The van der Waals surface area contributed by atoms with Gasteiger partial charge in [0, 0.05) is 24.8 Å². The Hall–Kier alpha value is -1.39. The van der Waals surface area contributed by atoms with Crippen LogP contribution >= 0.6 is 0 Å². The number of benzene rings is 1. The van der Waals surface area contributed by atoms with E-state index in [1.54, 1.807) is 13.0 Å². The van der Waals surface area contributed by atoms with E-state index < -0.39 is 25.9 Å². The first-order valence-corrected chi connectivity index (χ1v) is 13.0. The van der Waals surface area contributed by atoms with Crippen molar-refractivity contribution in [1.29, 1.82) is 0 Å². The molecule has 2 aliphatic rings. The van der Waals surface area contributed by atoms with Crippen LogP contribution in [-0.4, -0.2) is 47.5 Å². The number of nitrogens with zero attached hydrogens (tertiary/aromatic N) is 1. The minimum Gasteiger partial charge on any atom is -0.385 e. The molecule has 28 heavy (non-hydrogen) atoms. The Kier molecular flexibility index (Phi) is 6.51. The monoisotopic (exact) mass is 433 g/mol. The Morgan fingerprint density at radius 1 is 1.18 bits per heavy atom. The van der Waals surface area contributed by atoms with E-state index in [0.717, 1.165) is 25.7 Å². The van der Waals surface area contributed by atoms with Crippen LogP contribution in [0, 0.1) is 11.7 Å². The normalized spacial score (nSPS) is 25.0. The third-order valence-electron chi connectivity index (χ3n) is 5.44. The summed E-state index contributed by atoms with van der Waals surface area (Å²) in [5.74, 6) is 0.0739. The number of nitrogens with one attached hydrogen (secondary N) is 2. The predicted octanol–water partition coefficient (Wildman–Crippen LogP) is 2.28. The van der Waals surface area contributed by atoms with E-state index in [9.17, 15) is 21.2 Å². The summed E-state index contributed by atoms with van der Waals surface area (Å²) >= 11 is 0. The number of halogens is 1. The van der Waals surface area contributed by atoms with Crippen LogP contribution in [0.25, 0.3) is 0 Å². The Labute approximate surface area is 166 Å². The van der Waals surface area contributed by atoms with E-state index in [2.05, 4.69) is 10.0 Å². The summed E-state index contributed by atoms with van der Waals surface area (Å²) in [5.41, 5.74) is 0.920. The van der Waals surface area contributed by atoms with Gasteiger partial charge in [0.05, 0.1) is 17.2 Å². The van der Waals surface area contributed by atoms with Crippen LogP contribution < -0.4 is 14.3 Å². The summed E-state index contributed by atoms with van der Waals surface area (Å²) in [6.07, 6.45) is 3.88. The van der Waals surface area contributed by atoms with E-state index >= 15 is 0 Å². The Bertz CT molecular complexity index is 897. The van der Waals surface area contributed by atoms with Crippen LogP contribution in [-0.2, 0) is 20.0 Å². The number of hydrogen-bond acceptors (Lipinski definition) is 5. The quantitative estimate of drug-likeness (QED) is 0.688. The average Bonchev–Trinajstić information content (AvgIpc) is 2.99. The van der Waals surface area contributed by atoms with Gasteiger partial charge in [-0.25, -0.2) is 25.9 Å². The predicted molar refractivity (Wildman–Crippen MR) is 109 cm³/mol. The molecule has 1 aliphatic heterocycles. The highest BCUT2D eigenvalue weighted by atomic mass is 32.2. The fourth-order valence-electron chi connectivity index (χ4n) is 3.83. The summed E-state index contributed by atoms with van der Waals surface area (Å²) in [6, 6.07) is 4.28. The lowest BCUT2D eigenvalue weighted by atomic mass is 9.86. The molecular formula is C18H28FN3O4S2.